The average Bonchev–Trinajstić information content (AvgIpc) is 1.97. The number of nitrogens with two attached hydrogens (primary N) is 1. The van der Waals surface area contributed by atoms with E-state index in [1.54, 1.807) is 0 Å². The molecular weight excluding hydrogens is 166 g/mol. The standard InChI is InChI=1S/C10H21NO2/c1-7(2)9(12)8(11)6-13-10(3,4)5/h7-8H,6,11H2,1-5H3/t8-/m0/s1. The second-order valence-electron chi connectivity index (χ2n) is 4.59. The van der Waals surface area contributed by atoms with Crippen LogP contribution >= 0.6 is 0 Å². The van der Waals surface area contributed by atoms with Gasteiger partial charge in [0.15, 0.2) is 5.78 Å². The van der Waals surface area contributed by atoms with Gasteiger partial charge in [0.1, 0.15) is 0 Å². The van der Waals surface area contributed by atoms with Crippen LogP contribution in [0.3, 0.4) is 0 Å². The van der Waals surface area contributed by atoms with E-state index in [9.17, 15) is 4.79 Å². The molecule has 2 N–H and O–H groups in total. The third kappa shape index (κ3) is 5.77. The molecule has 0 aromatic heterocycles. The van der Waals surface area contributed by atoms with Gasteiger partial charge in [-0.2, -0.15) is 0 Å². The molecule has 0 aliphatic rings. The Labute approximate surface area is 80.6 Å². The van der Waals surface area contributed by atoms with Crippen molar-refractivity contribution in [3.63, 3.8) is 0 Å². The molecule has 0 amide bonds. The first kappa shape index (κ1) is 12.6. The minimum Gasteiger partial charge on any atom is -0.374 e. The molecule has 0 fully saturated rings. The van der Waals surface area contributed by atoms with E-state index < -0.39 is 6.04 Å². The molecule has 3 nitrogen and oxygen atoms in total. The van der Waals surface area contributed by atoms with Gasteiger partial charge >= 0.3 is 0 Å². The summed E-state index contributed by atoms with van der Waals surface area (Å²) in [5, 5.41) is 0. The fourth-order valence-electron chi connectivity index (χ4n) is 0.850. The molecule has 0 bridgehead atoms. The predicted octanol–water partition coefficient (Wildman–Crippen LogP) is 1.35. The maximum Gasteiger partial charge on any atom is 0.154 e. The Kier molecular flexibility index (Phi) is 4.57. The second kappa shape index (κ2) is 4.72. The second-order valence-corrected chi connectivity index (χ2v) is 4.59. The van der Waals surface area contributed by atoms with Crippen LogP contribution in [0.2, 0.25) is 0 Å². The fourth-order valence-corrected chi connectivity index (χ4v) is 0.850. The van der Waals surface area contributed by atoms with Crippen LogP contribution in [-0.4, -0.2) is 24.0 Å². The van der Waals surface area contributed by atoms with Gasteiger partial charge < -0.3 is 10.5 Å². The molecule has 13 heavy (non-hydrogen) atoms. The molecule has 0 aliphatic heterocycles. The van der Waals surface area contributed by atoms with Crippen molar-refractivity contribution in [2.75, 3.05) is 6.61 Å². The SMILES string of the molecule is CC(C)C(=O)[C@@H](N)COC(C)(C)C. The first-order chi connectivity index (χ1) is 5.74. The first-order valence-electron chi connectivity index (χ1n) is 4.67. The normalized spacial score (nSPS) is 14.7. The molecule has 78 valence electrons. The highest BCUT2D eigenvalue weighted by Crippen LogP contribution is 2.08. The summed E-state index contributed by atoms with van der Waals surface area (Å²) >= 11 is 0. The summed E-state index contributed by atoms with van der Waals surface area (Å²) in [5.41, 5.74) is 5.42. The highest BCUT2D eigenvalue weighted by Gasteiger charge is 2.19. The maximum absolute atomic E-state index is 11.4. The summed E-state index contributed by atoms with van der Waals surface area (Å²) in [6.45, 7) is 9.83. The largest absolute Gasteiger partial charge is 0.374 e. The van der Waals surface area contributed by atoms with Gasteiger partial charge in [-0.25, -0.2) is 0 Å². The molecule has 0 saturated heterocycles. The molecule has 0 spiro atoms. The molecule has 1 atom stereocenters. The molecule has 0 aliphatic carbocycles. The summed E-state index contributed by atoms with van der Waals surface area (Å²) in [5.74, 6) is 0.0443. The smallest absolute Gasteiger partial charge is 0.154 e. The van der Waals surface area contributed by atoms with Gasteiger partial charge in [-0.3, -0.25) is 4.79 Å². The van der Waals surface area contributed by atoms with E-state index in [-0.39, 0.29) is 17.3 Å². The van der Waals surface area contributed by atoms with E-state index >= 15 is 0 Å². The lowest BCUT2D eigenvalue weighted by Gasteiger charge is -2.22. The molecule has 0 aromatic carbocycles. The molecule has 0 rings (SSSR count). The van der Waals surface area contributed by atoms with Crippen LogP contribution in [0.25, 0.3) is 0 Å². The van der Waals surface area contributed by atoms with Crippen LogP contribution in [0.1, 0.15) is 34.6 Å². The lowest BCUT2D eigenvalue weighted by molar-refractivity contribution is -0.125. The van der Waals surface area contributed by atoms with Crippen LogP contribution < -0.4 is 5.73 Å². The maximum atomic E-state index is 11.4. The number of ketones is 1. The number of ether oxygens (including phenoxy) is 1. The van der Waals surface area contributed by atoms with Gasteiger partial charge in [-0.1, -0.05) is 13.8 Å². The quantitative estimate of drug-likeness (QED) is 0.723. The lowest BCUT2D eigenvalue weighted by Crippen LogP contribution is -2.40. The number of carbonyl (C=O) groups excluding carboxylic acids is 1. The summed E-state index contributed by atoms with van der Waals surface area (Å²) in [6, 6.07) is -0.487. The van der Waals surface area contributed by atoms with Gasteiger partial charge in [0, 0.05) is 5.92 Å². The van der Waals surface area contributed by atoms with E-state index in [4.69, 9.17) is 10.5 Å². The van der Waals surface area contributed by atoms with Crippen LogP contribution in [0.5, 0.6) is 0 Å². The van der Waals surface area contributed by atoms with Crippen molar-refractivity contribution >= 4 is 5.78 Å². The zero-order valence-corrected chi connectivity index (χ0v) is 9.26. The molecule has 0 unspecified atom stereocenters. The van der Waals surface area contributed by atoms with Crippen molar-refractivity contribution in [1.82, 2.24) is 0 Å². The Bertz CT molecular complexity index is 170. The van der Waals surface area contributed by atoms with Crippen molar-refractivity contribution in [1.29, 1.82) is 0 Å². The number of rotatable bonds is 4. The van der Waals surface area contributed by atoms with E-state index in [1.165, 1.54) is 0 Å². The van der Waals surface area contributed by atoms with Gasteiger partial charge in [0.05, 0.1) is 18.2 Å². The van der Waals surface area contributed by atoms with Gasteiger partial charge in [0.2, 0.25) is 0 Å². The van der Waals surface area contributed by atoms with Gasteiger partial charge in [0.25, 0.3) is 0 Å². The Hall–Kier alpha value is -0.410. The number of hydrogen-bond donors (Lipinski definition) is 1. The summed E-state index contributed by atoms with van der Waals surface area (Å²) in [4.78, 5) is 11.4. The van der Waals surface area contributed by atoms with Crippen molar-refractivity contribution < 1.29 is 9.53 Å². The topological polar surface area (TPSA) is 52.3 Å². The zero-order chi connectivity index (χ0) is 10.6. The minimum absolute atomic E-state index is 0.0152. The summed E-state index contributed by atoms with van der Waals surface area (Å²) in [6.07, 6.45) is 0. The summed E-state index contributed by atoms with van der Waals surface area (Å²) < 4.78 is 5.42. The zero-order valence-electron chi connectivity index (χ0n) is 9.26. The first-order valence-corrected chi connectivity index (χ1v) is 4.67. The Morgan fingerprint density at radius 3 is 2.15 bits per heavy atom. The molecule has 0 saturated carbocycles. The molecule has 0 radical (unpaired) electrons. The Balaban J connectivity index is 3.88. The highest BCUT2D eigenvalue weighted by atomic mass is 16.5. The van der Waals surface area contributed by atoms with Crippen molar-refractivity contribution in [3.8, 4) is 0 Å². The van der Waals surface area contributed by atoms with E-state index in [0.29, 0.717) is 6.61 Å². The minimum atomic E-state index is -0.487. The monoisotopic (exact) mass is 187 g/mol. The molecule has 0 heterocycles. The third-order valence-corrected chi connectivity index (χ3v) is 1.63. The predicted molar refractivity (Wildman–Crippen MR) is 53.5 cm³/mol. The molecular formula is C10H21NO2. The highest BCUT2D eigenvalue weighted by molar-refractivity contribution is 5.85. The average molecular weight is 187 g/mol. The lowest BCUT2D eigenvalue weighted by atomic mass is 10.0. The number of carbonyl (C=O) groups is 1. The number of hydrogen-bond acceptors (Lipinski definition) is 3. The van der Waals surface area contributed by atoms with Crippen molar-refractivity contribution in [2.45, 2.75) is 46.3 Å². The van der Waals surface area contributed by atoms with Crippen LogP contribution in [-0.2, 0) is 9.53 Å². The Morgan fingerprint density at radius 1 is 1.38 bits per heavy atom. The van der Waals surface area contributed by atoms with Crippen molar-refractivity contribution in [2.24, 2.45) is 11.7 Å². The van der Waals surface area contributed by atoms with Crippen LogP contribution in [0.4, 0.5) is 0 Å². The molecule has 3 heteroatoms. The van der Waals surface area contributed by atoms with E-state index in [0.717, 1.165) is 0 Å². The fraction of sp³-hybridized carbons (Fsp3) is 0.900. The van der Waals surface area contributed by atoms with Gasteiger partial charge in [-0.05, 0) is 20.8 Å². The van der Waals surface area contributed by atoms with Crippen LogP contribution in [0.15, 0.2) is 0 Å². The van der Waals surface area contributed by atoms with E-state index in [2.05, 4.69) is 0 Å². The number of Topliss-reactive ketones (excluding diaryl/α,β-unsaturated/α-hetero) is 1. The summed E-state index contributed by atoms with van der Waals surface area (Å²) in [7, 11) is 0. The Morgan fingerprint density at radius 2 is 1.85 bits per heavy atom. The van der Waals surface area contributed by atoms with Crippen molar-refractivity contribution in [3.05, 3.63) is 0 Å². The van der Waals surface area contributed by atoms with Crippen LogP contribution in [0, 0.1) is 5.92 Å². The van der Waals surface area contributed by atoms with Gasteiger partial charge in [-0.15, -0.1) is 0 Å². The van der Waals surface area contributed by atoms with E-state index in [1.807, 2.05) is 34.6 Å². The third-order valence-electron chi connectivity index (χ3n) is 1.63. The molecule has 0 aromatic rings.